The van der Waals surface area contributed by atoms with E-state index in [1.807, 2.05) is 36.4 Å². The standard InChI is InChI=1S/C23H19BrN2O4/c24-20-12-25-10-9-18(20)21(11-22(27)28)26-23(29)30-13-19-16-7-3-1-5-14(16)15-6-2-4-8-17(15)19/h1-10,12,19,21H,11,13H2,(H,26,29)(H,27,28)/t21-/m0/s1. The van der Waals surface area contributed by atoms with Gasteiger partial charge in [-0.15, -0.1) is 0 Å². The third kappa shape index (κ3) is 4.07. The summed E-state index contributed by atoms with van der Waals surface area (Å²) in [6.45, 7) is 0.164. The topological polar surface area (TPSA) is 88.5 Å². The van der Waals surface area contributed by atoms with Crippen molar-refractivity contribution in [1.82, 2.24) is 10.3 Å². The number of hydrogen-bond acceptors (Lipinski definition) is 4. The van der Waals surface area contributed by atoms with Gasteiger partial charge in [0.05, 0.1) is 12.5 Å². The molecule has 3 aromatic rings. The van der Waals surface area contributed by atoms with Crippen molar-refractivity contribution in [2.75, 3.05) is 6.61 Å². The number of hydrogen-bond donors (Lipinski definition) is 2. The Morgan fingerprint density at radius 2 is 1.70 bits per heavy atom. The number of rotatable bonds is 6. The molecule has 0 saturated carbocycles. The van der Waals surface area contributed by atoms with E-state index in [-0.39, 0.29) is 18.9 Å². The van der Waals surface area contributed by atoms with E-state index in [2.05, 4.69) is 38.4 Å². The molecule has 1 heterocycles. The van der Waals surface area contributed by atoms with Gasteiger partial charge in [-0.05, 0) is 49.8 Å². The second-order valence-corrected chi connectivity index (χ2v) is 7.87. The Morgan fingerprint density at radius 3 is 2.30 bits per heavy atom. The van der Waals surface area contributed by atoms with Crippen molar-refractivity contribution in [2.24, 2.45) is 0 Å². The predicted molar refractivity (Wildman–Crippen MR) is 115 cm³/mol. The first kappa shape index (κ1) is 20.1. The number of carboxylic acid groups (broad SMARTS) is 1. The molecule has 1 aliphatic carbocycles. The Labute approximate surface area is 182 Å². The van der Waals surface area contributed by atoms with Crippen LogP contribution in [0.4, 0.5) is 4.79 Å². The molecule has 2 aromatic carbocycles. The van der Waals surface area contributed by atoms with E-state index in [9.17, 15) is 14.7 Å². The Balaban J connectivity index is 1.49. The fraction of sp³-hybridized carbons (Fsp3) is 0.174. The molecule has 1 aromatic heterocycles. The lowest BCUT2D eigenvalue weighted by molar-refractivity contribution is -0.137. The number of nitrogens with zero attached hydrogens (tertiary/aromatic N) is 1. The zero-order valence-electron chi connectivity index (χ0n) is 15.9. The van der Waals surface area contributed by atoms with Crippen LogP contribution in [-0.2, 0) is 9.53 Å². The summed E-state index contributed by atoms with van der Waals surface area (Å²) in [7, 11) is 0. The van der Waals surface area contributed by atoms with Crippen LogP contribution < -0.4 is 5.32 Å². The largest absolute Gasteiger partial charge is 0.481 e. The van der Waals surface area contributed by atoms with Crippen molar-refractivity contribution in [3.63, 3.8) is 0 Å². The highest BCUT2D eigenvalue weighted by atomic mass is 79.9. The summed E-state index contributed by atoms with van der Waals surface area (Å²) in [5.41, 5.74) is 5.15. The van der Waals surface area contributed by atoms with Gasteiger partial charge in [-0.2, -0.15) is 0 Å². The van der Waals surface area contributed by atoms with Gasteiger partial charge in [-0.25, -0.2) is 4.79 Å². The van der Waals surface area contributed by atoms with E-state index in [0.29, 0.717) is 10.0 Å². The number of nitrogens with one attached hydrogen (secondary N) is 1. The van der Waals surface area contributed by atoms with E-state index in [1.165, 1.54) is 0 Å². The Kier molecular flexibility index (Phi) is 5.81. The fourth-order valence-corrected chi connectivity index (χ4v) is 4.39. The summed E-state index contributed by atoms with van der Waals surface area (Å²) in [5.74, 6) is -1.09. The number of alkyl carbamates (subject to hydrolysis) is 1. The van der Waals surface area contributed by atoms with Crippen LogP contribution in [0.25, 0.3) is 11.1 Å². The number of amides is 1. The molecular weight excluding hydrogens is 448 g/mol. The maximum absolute atomic E-state index is 12.5. The molecule has 0 unspecified atom stereocenters. The maximum Gasteiger partial charge on any atom is 0.407 e. The van der Waals surface area contributed by atoms with Crippen molar-refractivity contribution >= 4 is 28.0 Å². The van der Waals surface area contributed by atoms with Crippen LogP contribution in [0.1, 0.15) is 35.1 Å². The summed E-state index contributed by atoms with van der Waals surface area (Å²) in [4.78, 5) is 27.8. The van der Waals surface area contributed by atoms with Crippen molar-refractivity contribution in [3.8, 4) is 11.1 Å². The summed E-state index contributed by atoms with van der Waals surface area (Å²) >= 11 is 3.36. The van der Waals surface area contributed by atoms with Crippen molar-refractivity contribution in [3.05, 3.63) is 88.2 Å². The van der Waals surface area contributed by atoms with Gasteiger partial charge in [0.25, 0.3) is 0 Å². The van der Waals surface area contributed by atoms with Crippen molar-refractivity contribution in [1.29, 1.82) is 0 Å². The molecule has 1 amide bonds. The molecule has 7 heteroatoms. The molecule has 0 bridgehead atoms. The summed E-state index contributed by atoms with van der Waals surface area (Å²) in [5, 5.41) is 11.9. The SMILES string of the molecule is O=C(O)C[C@H](NC(=O)OCC1c2ccccc2-c2ccccc21)c1ccncc1Br. The molecule has 2 N–H and O–H groups in total. The van der Waals surface area contributed by atoms with Crippen LogP contribution in [0.15, 0.2) is 71.5 Å². The van der Waals surface area contributed by atoms with E-state index < -0.39 is 18.1 Å². The predicted octanol–water partition coefficient (Wildman–Crippen LogP) is 4.90. The molecule has 30 heavy (non-hydrogen) atoms. The first-order chi connectivity index (χ1) is 14.5. The average Bonchev–Trinajstić information content (AvgIpc) is 3.06. The van der Waals surface area contributed by atoms with Gasteiger partial charge in [0.15, 0.2) is 0 Å². The number of carbonyl (C=O) groups excluding carboxylic acids is 1. The zero-order valence-corrected chi connectivity index (χ0v) is 17.5. The van der Waals surface area contributed by atoms with Crippen molar-refractivity contribution in [2.45, 2.75) is 18.4 Å². The van der Waals surface area contributed by atoms with E-state index >= 15 is 0 Å². The van der Waals surface area contributed by atoms with Crippen molar-refractivity contribution < 1.29 is 19.4 Å². The molecule has 0 fully saturated rings. The molecular formula is C23H19BrN2O4. The van der Waals surface area contributed by atoms with Gasteiger partial charge in [0, 0.05) is 22.8 Å². The Bertz CT molecular complexity index is 1060. The molecule has 1 atom stereocenters. The van der Waals surface area contributed by atoms with Gasteiger partial charge in [-0.1, -0.05) is 48.5 Å². The molecule has 6 nitrogen and oxygen atoms in total. The van der Waals surface area contributed by atoms with Gasteiger partial charge < -0.3 is 15.2 Å². The number of carboxylic acids is 1. The lowest BCUT2D eigenvalue weighted by Crippen LogP contribution is -2.32. The van der Waals surface area contributed by atoms with Crippen LogP contribution in [0.2, 0.25) is 0 Å². The smallest absolute Gasteiger partial charge is 0.407 e. The van der Waals surface area contributed by atoms with E-state index in [4.69, 9.17) is 4.74 Å². The maximum atomic E-state index is 12.5. The number of aliphatic carboxylic acids is 1. The summed E-state index contributed by atoms with van der Waals surface area (Å²) in [6.07, 6.45) is 2.18. The first-order valence-corrected chi connectivity index (χ1v) is 10.3. The molecule has 0 radical (unpaired) electrons. The second-order valence-electron chi connectivity index (χ2n) is 7.02. The monoisotopic (exact) mass is 466 g/mol. The van der Waals surface area contributed by atoms with Crippen LogP contribution >= 0.6 is 15.9 Å². The van der Waals surface area contributed by atoms with Crippen LogP contribution in [-0.4, -0.2) is 28.8 Å². The van der Waals surface area contributed by atoms with E-state index in [0.717, 1.165) is 22.3 Å². The normalized spacial score (nSPS) is 13.2. The number of halogens is 1. The number of benzene rings is 2. The minimum absolute atomic E-state index is 0.0614. The molecule has 152 valence electrons. The van der Waals surface area contributed by atoms with Gasteiger partial charge in [-0.3, -0.25) is 9.78 Å². The molecule has 1 aliphatic rings. The zero-order chi connectivity index (χ0) is 21.1. The highest BCUT2D eigenvalue weighted by Gasteiger charge is 2.29. The quantitative estimate of drug-likeness (QED) is 0.539. The Hall–Kier alpha value is -3.19. The summed E-state index contributed by atoms with van der Waals surface area (Å²) < 4.78 is 6.16. The van der Waals surface area contributed by atoms with Gasteiger partial charge >= 0.3 is 12.1 Å². The average molecular weight is 467 g/mol. The van der Waals surface area contributed by atoms with Crippen LogP contribution in [0, 0.1) is 0 Å². The highest BCUT2D eigenvalue weighted by Crippen LogP contribution is 2.44. The summed E-state index contributed by atoms with van der Waals surface area (Å²) in [6, 6.07) is 17.1. The molecule has 0 aliphatic heterocycles. The van der Waals surface area contributed by atoms with Gasteiger partial charge in [0.1, 0.15) is 6.61 Å². The molecule has 0 spiro atoms. The van der Waals surface area contributed by atoms with Crippen LogP contribution in [0.3, 0.4) is 0 Å². The minimum Gasteiger partial charge on any atom is -0.481 e. The first-order valence-electron chi connectivity index (χ1n) is 9.47. The second kappa shape index (κ2) is 8.67. The number of pyridine rings is 1. The third-order valence-corrected chi connectivity index (χ3v) is 5.86. The molecule has 0 saturated heterocycles. The minimum atomic E-state index is -1.03. The lowest BCUT2D eigenvalue weighted by Gasteiger charge is -2.20. The number of carbonyl (C=O) groups is 2. The fourth-order valence-electron chi connectivity index (χ4n) is 3.86. The highest BCUT2D eigenvalue weighted by molar-refractivity contribution is 9.10. The van der Waals surface area contributed by atoms with Crippen LogP contribution in [0.5, 0.6) is 0 Å². The molecule has 4 rings (SSSR count). The third-order valence-electron chi connectivity index (χ3n) is 5.19. The number of fused-ring (bicyclic) bond motifs is 3. The number of ether oxygens (including phenoxy) is 1. The Morgan fingerprint density at radius 1 is 1.07 bits per heavy atom. The van der Waals surface area contributed by atoms with E-state index in [1.54, 1.807) is 18.5 Å². The number of aromatic nitrogens is 1. The van der Waals surface area contributed by atoms with Gasteiger partial charge in [0.2, 0.25) is 0 Å². The lowest BCUT2D eigenvalue weighted by atomic mass is 9.98.